The number of alkyl halides is 2. The van der Waals surface area contributed by atoms with E-state index in [2.05, 4.69) is 0 Å². The summed E-state index contributed by atoms with van der Waals surface area (Å²) in [6.07, 6.45) is -2.81. The van der Waals surface area contributed by atoms with Crippen LogP contribution in [0.2, 0.25) is 0 Å². The van der Waals surface area contributed by atoms with Gasteiger partial charge in [0, 0.05) is 11.9 Å². The molecule has 0 amide bonds. The Balaban J connectivity index is 1.51. The van der Waals surface area contributed by atoms with Crippen molar-refractivity contribution in [1.29, 1.82) is 0 Å². The minimum Gasteiger partial charge on any atom is -0.481 e. The maximum absolute atomic E-state index is 14.3. The SMILES string of the molecule is Cc1ccc2ccccc2c1S(=O)(=O)N(Cc1ccc(-c2cccc(C(C)(C)C(=O)O)c2)cc1)Cc1ccc(C(F)F)o1. The molecule has 0 radical (unpaired) electrons. The molecule has 0 saturated carbocycles. The molecule has 0 saturated heterocycles. The predicted molar refractivity (Wildman–Crippen MR) is 161 cm³/mol. The molecule has 9 heteroatoms. The van der Waals surface area contributed by atoms with Gasteiger partial charge < -0.3 is 9.52 Å². The predicted octanol–water partition coefficient (Wildman–Crippen LogP) is 8.10. The topological polar surface area (TPSA) is 87.8 Å². The van der Waals surface area contributed by atoms with Gasteiger partial charge in [0.05, 0.1) is 16.9 Å². The third-order valence-corrected chi connectivity index (χ3v) is 9.66. The van der Waals surface area contributed by atoms with Gasteiger partial charge in [-0.3, -0.25) is 4.79 Å². The monoisotopic (exact) mass is 603 g/mol. The van der Waals surface area contributed by atoms with Crippen LogP contribution in [0.15, 0.2) is 106 Å². The first kappa shape index (κ1) is 30.1. The standard InChI is InChI=1S/C34H31F2NO5S/c1-22-11-14-25-7-4-5-10-29(25)31(22)43(40,41)37(21-28-17-18-30(42-28)32(35)36)20-23-12-15-24(16-13-23)26-8-6-9-27(19-26)34(2,3)33(38)39/h4-19,32H,20-21H2,1-3H3,(H,38,39). The van der Waals surface area contributed by atoms with Crippen LogP contribution in [0.1, 0.15) is 48.5 Å². The van der Waals surface area contributed by atoms with Crippen molar-refractivity contribution in [3.8, 4) is 11.1 Å². The lowest BCUT2D eigenvalue weighted by molar-refractivity contribution is -0.142. The van der Waals surface area contributed by atoms with E-state index >= 15 is 0 Å². The number of carboxylic acid groups (broad SMARTS) is 1. The fraction of sp³-hybridized carbons (Fsp3) is 0.206. The summed E-state index contributed by atoms with van der Waals surface area (Å²) >= 11 is 0. The lowest BCUT2D eigenvalue weighted by Gasteiger charge is -2.24. The van der Waals surface area contributed by atoms with Crippen LogP contribution in [0.5, 0.6) is 0 Å². The van der Waals surface area contributed by atoms with Gasteiger partial charge in [0.1, 0.15) is 5.76 Å². The molecule has 0 unspecified atom stereocenters. The second-order valence-corrected chi connectivity index (χ2v) is 12.9. The van der Waals surface area contributed by atoms with E-state index < -0.39 is 33.6 Å². The van der Waals surface area contributed by atoms with Crippen molar-refractivity contribution >= 4 is 26.8 Å². The molecule has 0 aliphatic rings. The quantitative estimate of drug-likeness (QED) is 0.174. The Kier molecular flexibility index (Phi) is 8.23. The zero-order valence-corrected chi connectivity index (χ0v) is 24.7. The van der Waals surface area contributed by atoms with E-state index in [1.807, 2.05) is 42.5 Å². The largest absolute Gasteiger partial charge is 0.481 e. The first-order valence-corrected chi connectivity index (χ1v) is 15.1. The number of hydrogen-bond acceptors (Lipinski definition) is 4. The number of nitrogens with zero attached hydrogens (tertiary/aromatic N) is 1. The molecule has 43 heavy (non-hydrogen) atoms. The smallest absolute Gasteiger partial charge is 0.313 e. The Bertz CT molecular complexity index is 1900. The maximum Gasteiger partial charge on any atom is 0.313 e. The van der Waals surface area contributed by atoms with Crippen LogP contribution in [-0.2, 0) is 33.3 Å². The summed E-state index contributed by atoms with van der Waals surface area (Å²) in [5, 5.41) is 11.0. The van der Waals surface area contributed by atoms with Crippen molar-refractivity contribution in [2.24, 2.45) is 0 Å². The number of carbonyl (C=O) groups is 1. The number of fused-ring (bicyclic) bond motifs is 1. The molecule has 5 aromatic rings. The highest BCUT2D eigenvalue weighted by atomic mass is 32.2. The molecule has 222 valence electrons. The highest BCUT2D eigenvalue weighted by molar-refractivity contribution is 7.89. The van der Waals surface area contributed by atoms with E-state index in [0.29, 0.717) is 22.1 Å². The van der Waals surface area contributed by atoms with Gasteiger partial charge in [0.2, 0.25) is 10.0 Å². The normalized spacial score (nSPS) is 12.3. The Hall–Kier alpha value is -4.34. The highest BCUT2D eigenvalue weighted by Gasteiger charge is 2.31. The molecule has 0 aliphatic carbocycles. The van der Waals surface area contributed by atoms with Crippen molar-refractivity contribution in [1.82, 2.24) is 4.31 Å². The van der Waals surface area contributed by atoms with Gasteiger partial charge in [-0.05, 0) is 66.1 Å². The second kappa shape index (κ2) is 11.7. The van der Waals surface area contributed by atoms with Gasteiger partial charge in [-0.15, -0.1) is 0 Å². The van der Waals surface area contributed by atoms with Gasteiger partial charge in [-0.2, -0.15) is 4.31 Å². The first-order valence-electron chi connectivity index (χ1n) is 13.7. The summed E-state index contributed by atoms with van der Waals surface area (Å²) in [4.78, 5) is 11.9. The number of benzene rings is 4. The molecule has 4 aromatic carbocycles. The van der Waals surface area contributed by atoms with Crippen LogP contribution in [0.3, 0.4) is 0 Å². The molecule has 1 heterocycles. The summed E-state index contributed by atoms with van der Waals surface area (Å²) in [7, 11) is -4.13. The summed E-state index contributed by atoms with van der Waals surface area (Å²) in [6.45, 7) is 4.74. The van der Waals surface area contributed by atoms with Crippen LogP contribution in [0, 0.1) is 6.92 Å². The van der Waals surface area contributed by atoms with E-state index in [0.717, 1.165) is 22.6 Å². The van der Waals surface area contributed by atoms with Crippen molar-refractivity contribution in [2.45, 2.75) is 50.6 Å². The molecule has 0 aliphatic heterocycles. The van der Waals surface area contributed by atoms with E-state index in [9.17, 15) is 27.1 Å². The molecular formula is C34H31F2NO5S. The molecule has 6 nitrogen and oxygen atoms in total. The zero-order valence-electron chi connectivity index (χ0n) is 23.9. The number of aryl methyl sites for hydroxylation is 1. The Morgan fingerprint density at radius 1 is 0.884 bits per heavy atom. The molecule has 0 atom stereocenters. The number of carboxylic acids is 1. The summed E-state index contributed by atoms with van der Waals surface area (Å²) in [5.41, 5.74) is 2.48. The van der Waals surface area contributed by atoms with E-state index in [-0.39, 0.29) is 23.7 Å². The number of sulfonamides is 1. The minimum atomic E-state index is -4.13. The van der Waals surface area contributed by atoms with Crippen LogP contribution in [-0.4, -0.2) is 23.8 Å². The van der Waals surface area contributed by atoms with E-state index in [1.165, 1.54) is 10.4 Å². The number of furan rings is 1. The molecule has 1 aromatic heterocycles. The molecule has 0 fully saturated rings. The summed E-state index contributed by atoms with van der Waals surface area (Å²) in [6, 6.07) is 27.9. The molecule has 1 N–H and O–H groups in total. The number of halogens is 2. The summed E-state index contributed by atoms with van der Waals surface area (Å²) in [5.74, 6) is -1.35. The minimum absolute atomic E-state index is 0.0396. The van der Waals surface area contributed by atoms with Crippen LogP contribution >= 0.6 is 0 Å². The van der Waals surface area contributed by atoms with Gasteiger partial charge in [-0.25, -0.2) is 17.2 Å². The third kappa shape index (κ3) is 6.09. The molecular weight excluding hydrogens is 572 g/mol. The van der Waals surface area contributed by atoms with Gasteiger partial charge in [0.15, 0.2) is 5.76 Å². The van der Waals surface area contributed by atoms with Crippen molar-refractivity contribution in [3.63, 3.8) is 0 Å². The number of aliphatic carboxylic acids is 1. The van der Waals surface area contributed by atoms with Crippen LogP contribution < -0.4 is 0 Å². The van der Waals surface area contributed by atoms with Crippen molar-refractivity contribution < 1.29 is 31.5 Å². The Morgan fingerprint density at radius 2 is 1.60 bits per heavy atom. The van der Waals surface area contributed by atoms with Crippen LogP contribution in [0.25, 0.3) is 21.9 Å². The van der Waals surface area contributed by atoms with Gasteiger partial charge in [0.25, 0.3) is 6.43 Å². The fourth-order valence-corrected chi connectivity index (χ4v) is 6.85. The third-order valence-electron chi connectivity index (χ3n) is 7.67. The zero-order chi connectivity index (χ0) is 30.9. The fourth-order valence-electron chi connectivity index (χ4n) is 5.04. The number of hydrogen-bond donors (Lipinski definition) is 1. The highest BCUT2D eigenvalue weighted by Crippen LogP contribution is 2.33. The van der Waals surface area contributed by atoms with E-state index in [1.54, 1.807) is 63.2 Å². The lowest BCUT2D eigenvalue weighted by atomic mass is 9.83. The Labute approximate surface area is 249 Å². The average molecular weight is 604 g/mol. The maximum atomic E-state index is 14.3. The molecule has 0 spiro atoms. The second-order valence-electron chi connectivity index (χ2n) is 11.0. The van der Waals surface area contributed by atoms with Crippen molar-refractivity contribution in [3.05, 3.63) is 125 Å². The summed E-state index contributed by atoms with van der Waals surface area (Å²) < 4.78 is 61.6. The van der Waals surface area contributed by atoms with Crippen molar-refractivity contribution in [2.75, 3.05) is 0 Å². The molecule has 5 rings (SSSR count). The Morgan fingerprint density at radius 3 is 2.28 bits per heavy atom. The number of rotatable bonds is 10. The van der Waals surface area contributed by atoms with E-state index in [4.69, 9.17) is 4.42 Å². The molecule has 0 bridgehead atoms. The van der Waals surface area contributed by atoms with Gasteiger partial charge >= 0.3 is 5.97 Å². The average Bonchev–Trinajstić information content (AvgIpc) is 3.46. The van der Waals surface area contributed by atoms with Gasteiger partial charge in [-0.1, -0.05) is 84.9 Å². The van der Waals surface area contributed by atoms with Crippen LogP contribution in [0.4, 0.5) is 8.78 Å². The first-order chi connectivity index (χ1) is 20.4. The lowest BCUT2D eigenvalue weighted by Crippen LogP contribution is -2.31.